The first-order valence-electron chi connectivity index (χ1n) is 7.13. The van der Waals surface area contributed by atoms with Crippen molar-refractivity contribution in [3.8, 4) is 5.75 Å². The number of hydrogen-bond acceptors (Lipinski definition) is 2. The van der Waals surface area contributed by atoms with Gasteiger partial charge in [0.05, 0.1) is 0 Å². The summed E-state index contributed by atoms with van der Waals surface area (Å²) < 4.78 is 8.43. The van der Waals surface area contributed by atoms with Crippen LogP contribution in [0, 0.1) is 0 Å². The Hall–Kier alpha value is -0.840. The van der Waals surface area contributed by atoms with Crippen LogP contribution in [-0.4, -0.2) is 6.54 Å². The lowest BCUT2D eigenvalue weighted by Gasteiger charge is -2.33. The van der Waals surface area contributed by atoms with Gasteiger partial charge in [-0.1, -0.05) is 57.0 Å². The second kappa shape index (κ2) is 6.51. The predicted octanol–water partition coefficient (Wildman–Crippen LogP) is 5.39. The molecular weight excluding hydrogens is 394 g/mol. The van der Waals surface area contributed by atoms with E-state index in [1.165, 1.54) is 11.1 Å². The Labute approximate surface area is 142 Å². The third-order valence-corrected chi connectivity index (χ3v) is 4.98. The van der Waals surface area contributed by atoms with E-state index in [4.69, 9.17) is 4.74 Å². The van der Waals surface area contributed by atoms with Crippen molar-refractivity contribution in [3.63, 3.8) is 0 Å². The summed E-state index contributed by atoms with van der Waals surface area (Å²) in [6.45, 7) is 3.08. The normalized spacial score (nSPS) is 20.7. The van der Waals surface area contributed by atoms with Crippen LogP contribution in [0.2, 0.25) is 0 Å². The average Bonchev–Trinajstić information content (AvgIpc) is 2.48. The number of ether oxygens (including phenoxy) is 1. The summed E-state index contributed by atoms with van der Waals surface area (Å²) >= 11 is 7.18. The highest BCUT2D eigenvalue weighted by Gasteiger charge is 2.29. The van der Waals surface area contributed by atoms with Gasteiger partial charge in [0.25, 0.3) is 0 Å². The number of benzene rings is 2. The first-order valence-corrected chi connectivity index (χ1v) is 8.71. The van der Waals surface area contributed by atoms with Crippen molar-refractivity contribution in [2.45, 2.75) is 25.5 Å². The van der Waals surface area contributed by atoms with E-state index in [1.807, 2.05) is 18.2 Å². The van der Waals surface area contributed by atoms with Crippen molar-refractivity contribution in [2.75, 3.05) is 6.54 Å². The Balaban J connectivity index is 1.98. The molecule has 1 heterocycles. The minimum atomic E-state index is 0.0679. The number of halogens is 2. The van der Waals surface area contributed by atoms with Crippen LogP contribution in [0.1, 0.15) is 36.6 Å². The summed E-state index contributed by atoms with van der Waals surface area (Å²) in [5, 5.41) is 3.57. The molecule has 4 heteroatoms. The Morgan fingerprint density at radius 3 is 2.71 bits per heavy atom. The maximum atomic E-state index is 6.24. The quantitative estimate of drug-likeness (QED) is 0.732. The predicted molar refractivity (Wildman–Crippen MR) is 92.7 cm³/mol. The molecule has 2 aromatic carbocycles. The average molecular weight is 411 g/mol. The molecule has 0 spiro atoms. The van der Waals surface area contributed by atoms with E-state index < -0.39 is 0 Å². The lowest BCUT2D eigenvalue weighted by molar-refractivity contribution is 0.151. The fraction of sp³-hybridized carbons (Fsp3) is 0.294. The summed E-state index contributed by atoms with van der Waals surface area (Å²) in [6.07, 6.45) is 0.998. The van der Waals surface area contributed by atoms with E-state index in [1.54, 1.807) is 0 Å². The third kappa shape index (κ3) is 3.17. The zero-order chi connectivity index (χ0) is 14.8. The van der Waals surface area contributed by atoms with E-state index in [9.17, 15) is 0 Å². The largest absolute Gasteiger partial charge is 0.485 e. The van der Waals surface area contributed by atoms with Crippen LogP contribution < -0.4 is 10.1 Å². The molecule has 0 bridgehead atoms. The van der Waals surface area contributed by atoms with Crippen molar-refractivity contribution < 1.29 is 4.74 Å². The molecule has 110 valence electrons. The third-order valence-electron chi connectivity index (χ3n) is 3.77. The lowest BCUT2D eigenvalue weighted by atomic mass is 9.93. The zero-order valence-electron chi connectivity index (χ0n) is 11.8. The molecular formula is C17H17Br2NO. The van der Waals surface area contributed by atoms with Crippen LogP contribution in [-0.2, 0) is 0 Å². The Kier molecular flexibility index (Phi) is 4.67. The topological polar surface area (TPSA) is 21.3 Å². The fourth-order valence-electron chi connectivity index (χ4n) is 2.81. The molecule has 2 atom stereocenters. The molecule has 0 saturated heterocycles. The first-order chi connectivity index (χ1) is 10.2. The van der Waals surface area contributed by atoms with E-state index in [2.05, 4.69) is 68.4 Å². The number of hydrogen-bond donors (Lipinski definition) is 1. The highest BCUT2D eigenvalue weighted by atomic mass is 79.9. The fourth-order valence-corrected chi connectivity index (χ4v) is 3.73. The molecule has 3 rings (SSSR count). The summed E-state index contributed by atoms with van der Waals surface area (Å²) in [7, 11) is 0. The minimum Gasteiger partial charge on any atom is -0.485 e. The Morgan fingerprint density at radius 2 is 1.95 bits per heavy atom. The molecule has 2 unspecified atom stereocenters. The van der Waals surface area contributed by atoms with Crippen molar-refractivity contribution >= 4 is 31.9 Å². The molecule has 2 aromatic rings. The van der Waals surface area contributed by atoms with Gasteiger partial charge in [-0.2, -0.15) is 0 Å². The Morgan fingerprint density at radius 1 is 1.14 bits per heavy atom. The Bertz CT molecular complexity index is 644. The van der Waals surface area contributed by atoms with Gasteiger partial charge in [-0.15, -0.1) is 0 Å². The second-order valence-corrected chi connectivity index (χ2v) is 6.93. The summed E-state index contributed by atoms with van der Waals surface area (Å²) in [4.78, 5) is 0. The van der Waals surface area contributed by atoms with Gasteiger partial charge in [-0.3, -0.25) is 0 Å². The lowest BCUT2D eigenvalue weighted by Crippen LogP contribution is -2.29. The smallest absolute Gasteiger partial charge is 0.127 e. The molecule has 1 aliphatic rings. The van der Waals surface area contributed by atoms with Crippen LogP contribution in [0.3, 0.4) is 0 Å². The highest BCUT2D eigenvalue weighted by Crippen LogP contribution is 2.43. The van der Waals surface area contributed by atoms with Gasteiger partial charge in [-0.25, -0.2) is 0 Å². The van der Waals surface area contributed by atoms with Gasteiger partial charge in [0.2, 0.25) is 0 Å². The molecule has 0 aromatic heterocycles. The van der Waals surface area contributed by atoms with Crippen LogP contribution in [0.15, 0.2) is 51.4 Å². The maximum absolute atomic E-state index is 6.24. The highest BCUT2D eigenvalue weighted by molar-refractivity contribution is 9.10. The molecule has 0 saturated carbocycles. The van der Waals surface area contributed by atoms with E-state index in [-0.39, 0.29) is 6.10 Å². The number of nitrogens with one attached hydrogen (secondary N) is 1. The van der Waals surface area contributed by atoms with Crippen molar-refractivity contribution in [3.05, 3.63) is 62.5 Å². The zero-order valence-corrected chi connectivity index (χ0v) is 14.9. The summed E-state index contributed by atoms with van der Waals surface area (Å²) in [5.41, 5.74) is 2.43. The summed E-state index contributed by atoms with van der Waals surface area (Å²) in [5.74, 6) is 0.969. The van der Waals surface area contributed by atoms with Crippen LogP contribution in [0.25, 0.3) is 0 Å². The van der Waals surface area contributed by atoms with E-state index in [0.29, 0.717) is 6.04 Å². The minimum absolute atomic E-state index is 0.0679. The number of fused-ring (bicyclic) bond motifs is 1. The molecule has 0 aliphatic carbocycles. The van der Waals surface area contributed by atoms with Gasteiger partial charge in [-0.05, 0) is 30.8 Å². The standard InChI is InChI=1S/C17H17Br2NO/c1-2-20-15-10-17(12-5-3-4-6-14(12)19)21-16-8-7-11(18)9-13(15)16/h3-9,15,17,20H,2,10H2,1H3. The van der Waals surface area contributed by atoms with Crippen LogP contribution in [0.4, 0.5) is 0 Å². The molecule has 21 heavy (non-hydrogen) atoms. The SMILES string of the molecule is CCNC1CC(c2ccccc2Br)Oc2ccc(Br)cc21. The summed E-state index contributed by atoms with van der Waals surface area (Å²) in [6, 6.07) is 14.8. The molecule has 0 radical (unpaired) electrons. The number of rotatable bonds is 3. The van der Waals surface area contributed by atoms with Crippen LogP contribution in [0.5, 0.6) is 5.75 Å². The van der Waals surface area contributed by atoms with Crippen molar-refractivity contribution in [2.24, 2.45) is 0 Å². The van der Waals surface area contributed by atoms with Crippen molar-refractivity contribution in [1.82, 2.24) is 5.32 Å². The van der Waals surface area contributed by atoms with E-state index in [0.717, 1.165) is 27.7 Å². The van der Waals surface area contributed by atoms with Gasteiger partial charge in [0, 0.05) is 32.5 Å². The maximum Gasteiger partial charge on any atom is 0.127 e. The van der Waals surface area contributed by atoms with Gasteiger partial charge in [0.15, 0.2) is 0 Å². The second-order valence-electron chi connectivity index (χ2n) is 5.16. The van der Waals surface area contributed by atoms with Gasteiger partial charge < -0.3 is 10.1 Å². The van der Waals surface area contributed by atoms with E-state index >= 15 is 0 Å². The van der Waals surface area contributed by atoms with Gasteiger partial charge in [0.1, 0.15) is 11.9 Å². The molecule has 1 N–H and O–H groups in total. The van der Waals surface area contributed by atoms with Gasteiger partial charge >= 0.3 is 0 Å². The first kappa shape index (κ1) is 15.1. The van der Waals surface area contributed by atoms with Crippen LogP contribution >= 0.6 is 31.9 Å². The molecule has 2 nitrogen and oxygen atoms in total. The molecule has 0 fully saturated rings. The monoisotopic (exact) mass is 409 g/mol. The molecule has 0 amide bonds. The molecule has 1 aliphatic heterocycles. The van der Waals surface area contributed by atoms with Crippen molar-refractivity contribution in [1.29, 1.82) is 0 Å².